The lowest BCUT2D eigenvalue weighted by molar-refractivity contribution is -0.162. The molecule has 0 amide bonds. The molecule has 0 saturated heterocycles. The maximum Gasteiger partial charge on any atom is 0.309 e. The van der Waals surface area contributed by atoms with E-state index in [1.54, 1.807) is 0 Å². The Morgan fingerprint density at radius 3 is 2.52 bits per heavy atom. The third-order valence-electron chi connectivity index (χ3n) is 4.98. The summed E-state index contributed by atoms with van der Waals surface area (Å²) in [6.45, 7) is 0. The van der Waals surface area contributed by atoms with Crippen molar-refractivity contribution in [2.45, 2.75) is 63.1 Å². The Labute approximate surface area is 126 Å². The van der Waals surface area contributed by atoms with Crippen molar-refractivity contribution < 1.29 is 14.6 Å². The van der Waals surface area contributed by atoms with Crippen molar-refractivity contribution in [1.29, 1.82) is 0 Å². The van der Waals surface area contributed by atoms with Gasteiger partial charge in [-0.2, -0.15) is 0 Å². The summed E-state index contributed by atoms with van der Waals surface area (Å²) >= 11 is 0. The van der Waals surface area contributed by atoms with Crippen molar-refractivity contribution in [2.24, 2.45) is 5.92 Å². The van der Waals surface area contributed by atoms with E-state index in [4.69, 9.17) is 4.74 Å². The van der Waals surface area contributed by atoms with Gasteiger partial charge in [-0.1, -0.05) is 43.2 Å². The molecule has 2 aliphatic carbocycles. The number of aliphatic hydroxyl groups excluding tert-OH is 1. The molecule has 114 valence electrons. The van der Waals surface area contributed by atoms with Crippen LogP contribution in [0.5, 0.6) is 0 Å². The monoisotopic (exact) mass is 288 g/mol. The number of ether oxygens (including phenoxy) is 1. The van der Waals surface area contributed by atoms with Crippen LogP contribution < -0.4 is 0 Å². The summed E-state index contributed by atoms with van der Waals surface area (Å²) in [4.78, 5) is 12.5. The van der Waals surface area contributed by atoms with Crippen LogP contribution >= 0.6 is 0 Å². The zero-order valence-corrected chi connectivity index (χ0v) is 12.4. The molecule has 2 aliphatic rings. The van der Waals surface area contributed by atoms with Crippen molar-refractivity contribution in [3.05, 3.63) is 35.9 Å². The fraction of sp³-hybridized carbons (Fsp3) is 0.611. The minimum absolute atomic E-state index is 0.0403. The van der Waals surface area contributed by atoms with Crippen LogP contribution in [0.15, 0.2) is 30.3 Å². The molecule has 0 bridgehead atoms. The minimum Gasteiger partial charge on any atom is -0.459 e. The number of hydrogen-bond acceptors (Lipinski definition) is 3. The molecule has 2 saturated carbocycles. The first-order valence-corrected chi connectivity index (χ1v) is 8.19. The Morgan fingerprint density at radius 2 is 1.76 bits per heavy atom. The van der Waals surface area contributed by atoms with Crippen LogP contribution in [0.4, 0.5) is 0 Å². The number of esters is 1. The lowest BCUT2D eigenvalue weighted by Gasteiger charge is -2.29. The van der Waals surface area contributed by atoms with Crippen LogP contribution in [-0.2, 0) is 9.53 Å². The van der Waals surface area contributed by atoms with Gasteiger partial charge in [0.05, 0.1) is 12.0 Å². The van der Waals surface area contributed by atoms with E-state index in [1.165, 1.54) is 5.56 Å². The van der Waals surface area contributed by atoms with E-state index in [0.29, 0.717) is 0 Å². The molecule has 0 unspecified atom stereocenters. The smallest absolute Gasteiger partial charge is 0.309 e. The molecular formula is C18H24O3. The van der Waals surface area contributed by atoms with E-state index >= 15 is 0 Å². The highest BCUT2D eigenvalue weighted by molar-refractivity contribution is 5.74. The van der Waals surface area contributed by atoms with Gasteiger partial charge in [0.2, 0.25) is 0 Å². The van der Waals surface area contributed by atoms with Crippen molar-refractivity contribution in [3.8, 4) is 0 Å². The molecule has 1 aromatic carbocycles. The van der Waals surface area contributed by atoms with Gasteiger partial charge in [0.1, 0.15) is 6.10 Å². The zero-order chi connectivity index (χ0) is 14.7. The SMILES string of the molecule is O=C(O[C@@H]1CCCC[C@H]1O)[C@H]1CCC[C@H]1c1ccccc1. The summed E-state index contributed by atoms with van der Waals surface area (Å²) in [7, 11) is 0. The van der Waals surface area contributed by atoms with Crippen LogP contribution in [0.25, 0.3) is 0 Å². The predicted molar refractivity (Wildman–Crippen MR) is 80.9 cm³/mol. The Morgan fingerprint density at radius 1 is 1.00 bits per heavy atom. The van der Waals surface area contributed by atoms with E-state index in [9.17, 15) is 9.90 Å². The second-order valence-electron chi connectivity index (χ2n) is 6.38. The predicted octanol–water partition coefficient (Wildman–Crippen LogP) is 3.42. The topological polar surface area (TPSA) is 46.5 Å². The average molecular weight is 288 g/mol. The molecule has 1 aromatic rings. The number of aliphatic hydroxyl groups is 1. The fourth-order valence-electron chi connectivity index (χ4n) is 3.79. The van der Waals surface area contributed by atoms with Gasteiger partial charge in [0.15, 0.2) is 0 Å². The van der Waals surface area contributed by atoms with Gasteiger partial charge in [-0.15, -0.1) is 0 Å². The summed E-state index contributed by atoms with van der Waals surface area (Å²) in [6.07, 6.45) is 5.90. The van der Waals surface area contributed by atoms with Gasteiger partial charge in [-0.3, -0.25) is 4.79 Å². The molecule has 0 aliphatic heterocycles. The van der Waals surface area contributed by atoms with Gasteiger partial charge >= 0.3 is 5.97 Å². The first kappa shape index (κ1) is 14.6. The second-order valence-corrected chi connectivity index (χ2v) is 6.38. The number of carbonyl (C=O) groups is 1. The van der Waals surface area contributed by atoms with Crippen LogP contribution in [-0.4, -0.2) is 23.3 Å². The molecule has 4 atom stereocenters. The summed E-state index contributed by atoms with van der Waals surface area (Å²) in [5.74, 6) is 0.133. The maximum atomic E-state index is 12.5. The third kappa shape index (κ3) is 3.29. The first-order chi connectivity index (χ1) is 10.3. The molecule has 21 heavy (non-hydrogen) atoms. The van der Waals surface area contributed by atoms with Crippen molar-refractivity contribution in [1.82, 2.24) is 0 Å². The van der Waals surface area contributed by atoms with Gasteiger partial charge in [0, 0.05) is 0 Å². The molecule has 0 heterocycles. The molecular weight excluding hydrogens is 264 g/mol. The second kappa shape index (κ2) is 6.61. The third-order valence-corrected chi connectivity index (χ3v) is 4.98. The van der Waals surface area contributed by atoms with Gasteiger partial charge in [0.25, 0.3) is 0 Å². The van der Waals surface area contributed by atoms with E-state index in [2.05, 4.69) is 12.1 Å². The number of hydrogen-bond donors (Lipinski definition) is 1. The summed E-state index contributed by atoms with van der Waals surface area (Å²) in [5.41, 5.74) is 1.24. The molecule has 2 fully saturated rings. The van der Waals surface area contributed by atoms with Gasteiger partial charge < -0.3 is 9.84 Å². The molecule has 0 radical (unpaired) electrons. The highest BCUT2D eigenvalue weighted by Crippen LogP contribution is 2.40. The Hall–Kier alpha value is -1.35. The maximum absolute atomic E-state index is 12.5. The summed E-state index contributed by atoms with van der Waals surface area (Å²) in [6, 6.07) is 10.3. The normalized spacial score (nSPS) is 32.8. The largest absolute Gasteiger partial charge is 0.459 e. The summed E-state index contributed by atoms with van der Waals surface area (Å²) < 4.78 is 5.65. The van der Waals surface area contributed by atoms with Crippen LogP contribution in [0.2, 0.25) is 0 Å². The van der Waals surface area contributed by atoms with Gasteiger partial charge in [-0.05, 0) is 43.6 Å². The quantitative estimate of drug-likeness (QED) is 0.867. The Balaban J connectivity index is 1.66. The van der Waals surface area contributed by atoms with E-state index in [0.717, 1.165) is 44.9 Å². The highest BCUT2D eigenvalue weighted by atomic mass is 16.6. The van der Waals surface area contributed by atoms with E-state index in [-0.39, 0.29) is 23.9 Å². The van der Waals surface area contributed by atoms with E-state index in [1.807, 2.05) is 18.2 Å². The molecule has 3 heteroatoms. The highest BCUT2D eigenvalue weighted by Gasteiger charge is 2.37. The van der Waals surface area contributed by atoms with E-state index < -0.39 is 6.10 Å². The van der Waals surface area contributed by atoms with Crippen molar-refractivity contribution >= 4 is 5.97 Å². The molecule has 3 nitrogen and oxygen atoms in total. The number of rotatable bonds is 3. The van der Waals surface area contributed by atoms with Crippen molar-refractivity contribution in [2.75, 3.05) is 0 Å². The zero-order valence-electron chi connectivity index (χ0n) is 12.4. The molecule has 3 rings (SSSR count). The molecule has 0 spiro atoms. The minimum atomic E-state index is -0.473. The lowest BCUT2D eigenvalue weighted by Crippen LogP contribution is -2.36. The van der Waals surface area contributed by atoms with Gasteiger partial charge in [-0.25, -0.2) is 0 Å². The average Bonchev–Trinajstić information content (AvgIpc) is 3.00. The lowest BCUT2D eigenvalue weighted by atomic mass is 9.88. The van der Waals surface area contributed by atoms with Crippen molar-refractivity contribution in [3.63, 3.8) is 0 Å². The summed E-state index contributed by atoms with van der Waals surface area (Å²) in [5, 5.41) is 9.97. The number of carbonyl (C=O) groups excluding carboxylic acids is 1. The van der Waals surface area contributed by atoms with Crippen LogP contribution in [0.1, 0.15) is 56.4 Å². The van der Waals surface area contributed by atoms with Crippen LogP contribution in [0, 0.1) is 5.92 Å². The Kier molecular flexibility index (Phi) is 4.59. The molecule has 1 N–H and O–H groups in total. The van der Waals surface area contributed by atoms with Crippen LogP contribution in [0.3, 0.4) is 0 Å². The fourth-order valence-corrected chi connectivity index (χ4v) is 3.79. The first-order valence-electron chi connectivity index (χ1n) is 8.19. The molecule has 0 aromatic heterocycles. The number of benzene rings is 1. The standard InChI is InChI=1S/C18H24O3/c19-16-11-4-5-12-17(16)21-18(20)15-10-6-9-14(15)13-7-2-1-3-8-13/h1-3,7-8,14-17,19H,4-6,9-12H2/t14-,15-,16+,17+/m0/s1. The Bertz CT molecular complexity index is 471.